The fraction of sp³-hybridized carbons (Fsp3) is 0.593. The summed E-state index contributed by atoms with van der Waals surface area (Å²) in [5.74, 6) is 1.48. The standard InChI is InChI=1S/C18H24BNO4.C9H20BNO2/c1-6-13-12(10-11(2)3)20(18(19)21)17(24-13)16-14(22-4)8-7-9-15(16)23-5;1-5-9(12)8(6-7(2)3)11-10(4)13/h6-9,11-13,17H,1,10H2,2-5H3;5,7-9,11-13H,1,6H2,2-4H3/t12-,13?,17?;8-,9-/m00/s1. The van der Waals surface area contributed by atoms with Crippen LogP contribution in [0.4, 0.5) is 4.79 Å². The first kappa shape index (κ1) is 32.8. The van der Waals surface area contributed by atoms with Gasteiger partial charge in [-0.2, -0.15) is 0 Å². The Labute approximate surface area is 224 Å². The number of amides is 1. The van der Waals surface area contributed by atoms with Crippen molar-refractivity contribution in [1.82, 2.24) is 10.1 Å². The number of methoxy groups -OCH3 is 2. The van der Waals surface area contributed by atoms with E-state index in [1.165, 1.54) is 6.08 Å². The van der Waals surface area contributed by atoms with Gasteiger partial charge in [-0.25, -0.2) is 0 Å². The minimum absolute atomic E-state index is 0.113. The number of carbonyl (C=O) groups is 1. The van der Waals surface area contributed by atoms with Gasteiger partial charge in [-0.1, -0.05) is 45.9 Å². The molecule has 2 radical (unpaired) electrons. The van der Waals surface area contributed by atoms with Crippen molar-refractivity contribution in [3.05, 3.63) is 49.1 Å². The van der Waals surface area contributed by atoms with Crippen molar-refractivity contribution < 1.29 is 29.1 Å². The number of benzene rings is 1. The van der Waals surface area contributed by atoms with E-state index in [9.17, 15) is 9.90 Å². The summed E-state index contributed by atoms with van der Waals surface area (Å²) in [6, 6.07) is 5.14. The van der Waals surface area contributed by atoms with Crippen LogP contribution in [0.5, 0.6) is 11.5 Å². The number of hydrogen-bond donors (Lipinski definition) is 3. The third-order valence-corrected chi connectivity index (χ3v) is 6.02. The molecule has 8 nitrogen and oxygen atoms in total. The minimum atomic E-state index is -0.680. The molecule has 0 bridgehead atoms. The minimum Gasteiger partial charge on any atom is -0.496 e. The van der Waals surface area contributed by atoms with Gasteiger partial charge in [0.15, 0.2) is 12.0 Å². The molecule has 1 aromatic rings. The Kier molecular flexibility index (Phi) is 14.1. The van der Waals surface area contributed by atoms with Crippen molar-refractivity contribution in [3.63, 3.8) is 0 Å². The summed E-state index contributed by atoms with van der Waals surface area (Å²) < 4.78 is 17.0. The Morgan fingerprint density at radius 3 is 2.16 bits per heavy atom. The molecule has 1 heterocycles. The van der Waals surface area contributed by atoms with Crippen LogP contribution in [0.3, 0.4) is 0 Å². The Balaban J connectivity index is 0.000000448. The number of carbonyl (C=O) groups excluding carboxylic acids is 1. The molecule has 5 atom stereocenters. The topological polar surface area (TPSA) is 100 Å². The zero-order valence-electron chi connectivity index (χ0n) is 23.4. The number of ether oxygens (including phenoxy) is 3. The molecule has 1 saturated heterocycles. The molecular weight excluding hydrogens is 470 g/mol. The average Bonchev–Trinajstić information content (AvgIpc) is 3.19. The molecule has 10 heteroatoms. The second kappa shape index (κ2) is 15.9. The second-order valence-electron chi connectivity index (χ2n) is 10.0. The van der Waals surface area contributed by atoms with Crippen LogP contribution in [0.1, 0.15) is 52.3 Å². The van der Waals surface area contributed by atoms with Crippen LogP contribution < -0.4 is 14.7 Å². The fourth-order valence-electron chi connectivity index (χ4n) is 4.48. The molecule has 0 aromatic heterocycles. The second-order valence-corrected chi connectivity index (χ2v) is 10.0. The molecule has 1 aliphatic heterocycles. The number of hydrogen-bond acceptors (Lipinski definition) is 7. The van der Waals surface area contributed by atoms with Crippen LogP contribution >= 0.6 is 0 Å². The molecule has 37 heavy (non-hydrogen) atoms. The molecule has 1 amide bonds. The lowest BCUT2D eigenvalue weighted by atomic mass is 9.84. The lowest BCUT2D eigenvalue weighted by Crippen LogP contribution is -2.46. The SMILES string of the molecule is C=C[C@H](O)[C@H](CC(C)C)NB(C)O.[B]C(=O)N1C(c2c(OC)cccc2OC)OC(C=C)[C@@H]1CC(C)C. The highest BCUT2D eigenvalue weighted by Crippen LogP contribution is 2.44. The predicted molar refractivity (Wildman–Crippen MR) is 150 cm³/mol. The van der Waals surface area contributed by atoms with Crippen molar-refractivity contribution >= 4 is 20.7 Å². The van der Waals surface area contributed by atoms with Gasteiger partial charge in [0.2, 0.25) is 7.85 Å². The molecule has 3 N–H and O–H groups in total. The highest BCUT2D eigenvalue weighted by Gasteiger charge is 2.45. The molecule has 1 aliphatic rings. The van der Waals surface area contributed by atoms with Gasteiger partial charge in [-0.15, -0.1) is 13.2 Å². The van der Waals surface area contributed by atoms with E-state index in [0.29, 0.717) is 28.9 Å². The van der Waals surface area contributed by atoms with Crippen molar-refractivity contribution in [2.45, 2.75) is 77.9 Å². The van der Waals surface area contributed by atoms with Crippen molar-refractivity contribution in [2.75, 3.05) is 14.2 Å². The van der Waals surface area contributed by atoms with Crippen LogP contribution in [0.2, 0.25) is 6.82 Å². The van der Waals surface area contributed by atoms with E-state index < -0.39 is 25.2 Å². The highest BCUT2D eigenvalue weighted by molar-refractivity contribution is 6.57. The Hall–Kier alpha value is -2.26. The van der Waals surface area contributed by atoms with E-state index in [4.69, 9.17) is 27.1 Å². The van der Waals surface area contributed by atoms with E-state index in [1.807, 2.05) is 6.07 Å². The molecular formula is C27H44B2N2O6. The van der Waals surface area contributed by atoms with Crippen LogP contribution in [-0.4, -0.2) is 74.2 Å². The Morgan fingerprint density at radius 1 is 1.22 bits per heavy atom. The van der Waals surface area contributed by atoms with Gasteiger partial charge in [0.05, 0.1) is 38.0 Å². The van der Waals surface area contributed by atoms with Gasteiger partial charge in [0, 0.05) is 6.04 Å². The first-order valence-corrected chi connectivity index (χ1v) is 12.7. The van der Waals surface area contributed by atoms with Crippen molar-refractivity contribution in [1.29, 1.82) is 0 Å². The van der Waals surface area contributed by atoms with E-state index in [2.05, 4.69) is 46.1 Å². The summed E-state index contributed by atoms with van der Waals surface area (Å²) in [7, 11) is 8.22. The quantitative estimate of drug-likeness (QED) is 0.287. The predicted octanol–water partition coefficient (Wildman–Crippen LogP) is 3.94. The van der Waals surface area contributed by atoms with Gasteiger partial charge in [0.1, 0.15) is 11.5 Å². The van der Waals surface area contributed by atoms with Gasteiger partial charge in [-0.05, 0) is 43.6 Å². The average molecular weight is 514 g/mol. The third-order valence-electron chi connectivity index (χ3n) is 6.02. The van der Waals surface area contributed by atoms with Gasteiger partial charge in [0.25, 0.3) is 0 Å². The van der Waals surface area contributed by atoms with Crippen molar-refractivity contribution in [3.8, 4) is 11.5 Å². The summed E-state index contributed by atoms with van der Waals surface area (Å²) in [6.45, 7) is 17.3. The van der Waals surface area contributed by atoms with E-state index in [1.54, 1.807) is 44.2 Å². The summed E-state index contributed by atoms with van der Waals surface area (Å²) in [5.41, 5.74) is 0.652. The normalized spacial score (nSPS) is 20.6. The van der Waals surface area contributed by atoms with Crippen LogP contribution in [0.25, 0.3) is 0 Å². The summed E-state index contributed by atoms with van der Waals surface area (Å²) in [5, 5.41) is 21.5. The summed E-state index contributed by atoms with van der Waals surface area (Å²) in [4.78, 5) is 13.8. The first-order chi connectivity index (χ1) is 17.4. The maximum absolute atomic E-state index is 12.2. The highest BCUT2D eigenvalue weighted by atomic mass is 16.5. The molecule has 0 aliphatic carbocycles. The fourth-order valence-corrected chi connectivity index (χ4v) is 4.48. The van der Waals surface area contributed by atoms with Crippen molar-refractivity contribution in [2.24, 2.45) is 11.8 Å². The monoisotopic (exact) mass is 514 g/mol. The first-order valence-electron chi connectivity index (χ1n) is 12.7. The lowest BCUT2D eigenvalue weighted by molar-refractivity contribution is 0.0272. The van der Waals surface area contributed by atoms with Crippen LogP contribution in [0, 0.1) is 11.8 Å². The zero-order chi connectivity index (χ0) is 28.3. The molecule has 1 aromatic carbocycles. The number of nitrogens with zero attached hydrogens (tertiary/aromatic N) is 1. The van der Waals surface area contributed by atoms with Gasteiger partial charge in [-0.3, -0.25) is 4.79 Å². The number of aliphatic hydroxyl groups is 1. The van der Waals surface area contributed by atoms with Gasteiger partial charge < -0.3 is 34.5 Å². The smallest absolute Gasteiger partial charge is 0.373 e. The van der Waals surface area contributed by atoms with Crippen LogP contribution in [-0.2, 0) is 4.74 Å². The number of nitrogens with one attached hydrogen (secondary N) is 1. The molecule has 1 fully saturated rings. The van der Waals surface area contributed by atoms with Gasteiger partial charge >= 0.3 is 7.05 Å². The third kappa shape index (κ3) is 9.52. The Morgan fingerprint density at radius 2 is 1.78 bits per heavy atom. The van der Waals surface area contributed by atoms with E-state index in [-0.39, 0.29) is 18.2 Å². The number of aliphatic hydroxyl groups excluding tert-OH is 1. The number of rotatable bonds is 12. The summed E-state index contributed by atoms with van der Waals surface area (Å²) >= 11 is 0. The largest absolute Gasteiger partial charge is 0.496 e. The Bertz CT molecular complexity index is 835. The maximum atomic E-state index is 12.2. The molecule has 0 spiro atoms. The molecule has 0 saturated carbocycles. The molecule has 204 valence electrons. The van der Waals surface area contributed by atoms with Crippen LogP contribution in [0.15, 0.2) is 43.5 Å². The van der Waals surface area contributed by atoms with E-state index >= 15 is 0 Å². The molecule has 2 rings (SSSR count). The maximum Gasteiger partial charge on any atom is 0.373 e. The van der Waals surface area contributed by atoms with E-state index in [0.717, 1.165) is 12.8 Å². The lowest BCUT2D eigenvalue weighted by Gasteiger charge is -2.30. The molecule has 2 unspecified atom stereocenters. The summed E-state index contributed by atoms with van der Waals surface area (Å²) in [6.07, 6.45) is 3.19. The zero-order valence-corrected chi connectivity index (χ0v) is 23.4.